The van der Waals surface area contributed by atoms with Crippen LogP contribution in [0.3, 0.4) is 0 Å². The number of nitrogens with one attached hydrogen (secondary N) is 1. The molecule has 1 N–H and O–H groups in total. The number of nitrogens with zero attached hydrogens (tertiary/aromatic N) is 2. The average molecular weight is 261 g/mol. The summed E-state index contributed by atoms with van der Waals surface area (Å²) >= 11 is 0. The summed E-state index contributed by atoms with van der Waals surface area (Å²) in [4.78, 5) is 7.06. The smallest absolute Gasteiger partial charge is 0.0448 e. The summed E-state index contributed by atoms with van der Waals surface area (Å²) in [5.74, 6) is 0. The summed E-state index contributed by atoms with van der Waals surface area (Å²) in [5.41, 5.74) is 3.84. The third-order valence-corrected chi connectivity index (χ3v) is 3.96. The first kappa shape index (κ1) is 14.3. The third kappa shape index (κ3) is 3.47. The Hall–Kier alpha value is -1.09. The number of anilines is 1. The molecule has 1 aromatic heterocycles. The Morgan fingerprint density at radius 2 is 2.26 bits per heavy atom. The fourth-order valence-electron chi connectivity index (χ4n) is 2.87. The average Bonchev–Trinajstić information content (AvgIpc) is 2.85. The van der Waals surface area contributed by atoms with Gasteiger partial charge in [0.15, 0.2) is 0 Å². The van der Waals surface area contributed by atoms with E-state index in [1.54, 1.807) is 0 Å². The minimum absolute atomic E-state index is 0.509. The highest BCUT2D eigenvalue weighted by Crippen LogP contribution is 2.30. The normalized spacial score (nSPS) is 19.4. The lowest BCUT2D eigenvalue weighted by Crippen LogP contribution is -2.31. The zero-order valence-electron chi connectivity index (χ0n) is 12.7. The molecule has 1 atom stereocenters. The van der Waals surface area contributed by atoms with E-state index in [2.05, 4.69) is 49.0 Å². The van der Waals surface area contributed by atoms with Gasteiger partial charge in [0, 0.05) is 48.3 Å². The highest BCUT2D eigenvalue weighted by atomic mass is 15.2. The lowest BCUT2D eigenvalue weighted by atomic mass is 10.1. The summed E-state index contributed by atoms with van der Waals surface area (Å²) in [5, 5.41) is 3.51. The summed E-state index contributed by atoms with van der Waals surface area (Å²) in [6.45, 7) is 10.9. The van der Waals surface area contributed by atoms with Crippen LogP contribution >= 0.6 is 0 Å². The highest BCUT2D eigenvalue weighted by Gasteiger charge is 2.25. The van der Waals surface area contributed by atoms with Gasteiger partial charge in [0.2, 0.25) is 0 Å². The zero-order valence-corrected chi connectivity index (χ0v) is 12.7. The fourth-order valence-corrected chi connectivity index (χ4v) is 2.87. The number of rotatable bonds is 5. The van der Waals surface area contributed by atoms with E-state index in [1.165, 1.54) is 37.1 Å². The fraction of sp³-hybridized carbons (Fsp3) is 0.688. The van der Waals surface area contributed by atoms with Gasteiger partial charge in [-0.25, -0.2) is 0 Å². The predicted molar refractivity (Wildman–Crippen MR) is 81.6 cm³/mol. The van der Waals surface area contributed by atoms with Crippen molar-refractivity contribution in [3.63, 3.8) is 0 Å². The number of pyridine rings is 1. The van der Waals surface area contributed by atoms with Crippen molar-refractivity contribution in [2.24, 2.45) is 0 Å². The molecule has 1 aromatic rings. The molecule has 2 heterocycles. The molecule has 2 rings (SSSR count). The maximum absolute atomic E-state index is 4.47. The Morgan fingerprint density at radius 1 is 1.47 bits per heavy atom. The largest absolute Gasteiger partial charge is 0.368 e. The van der Waals surface area contributed by atoms with Gasteiger partial charge in [0.1, 0.15) is 0 Å². The Labute approximate surface area is 117 Å². The molecule has 0 radical (unpaired) electrons. The van der Waals surface area contributed by atoms with Crippen molar-refractivity contribution in [2.45, 2.75) is 65.6 Å². The minimum Gasteiger partial charge on any atom is -0.368 e. The van der Waals surface area contributed by atoms with E-state index in [9.17, 15) is 0 Å². The standard InChI is InChI=1S/C16H27N3/c1-5-15-7-6-8-19(15)16-9-13(4)18-11-14(16)10-17-12(2)3/h9,11-12,15,17H,5-8,10H2,1-4H3. The second-order valence-electron chi connectivity index (χ2n) is 5.89. The van der Waals surface area contributed by atoms with Crippen molar-refractivity contribution in [3.05, 3.63) is 23.5 Å². The van der Waals surface area contributed by atoms with Crippen LogP contribution in [0.15, 0.2) is 12.3 Å². The van der Waals surface area contributed by atoms with E-state index in [0.29, 0.717) is 12.1 Å². The van der Waals surface area contributed by atoms with Crippen molar-refractivity contribution >= 4 is 5.69 Å². The van der Waals surface area contributed by atoms with Crippen molar-refractivity contribution in [3.8, 4) is 0 Å². The molecule has 1 aliphatic rings. The number of hydrogen-bond donors (Lipinski definition) is 1. The molecule has 1 saturated heterocycles. The quantitative estimate of drug-likeness (QED) is 0.881. The van der Waals surface area contributed by atoms with Gasteiger partial charge in [-0.1, -0.05) is 20.8 Å². The number of hydrogen-bond acceptors (Lipinski definition) is 3. The summed E-state index contributed by atoms with van der Waals surface area (Å²) < 4.78 is 0. The molecule has 0 saturated carbocycles. The first-order chi connectivity index (χ1) is 9.11. The van der Waals surface area contributed by atoms with Gasteiger partial charge < -0.3 is 10.2 Å². The minimum atomic E-state index is 0.509. The molecule has 19 heavy (non-hydrogen) atoms. The van der Waals surface area contributed by atoms with Gasteiger partial charge in [0.25, 0.3) is 0 Å². The number of aromatic nitrogens is 1. The van der Waals surface area contributed by atoms with Crippen LogP contribution in [-0.2, 0) is 6.54 Å². The van der Waals surface area contributed by atoms with E-state index in [-0.39, 0.29) is 0 Å². The molecule has 0 bridgehead atoms. The van der Waals surface area contributed by atoms with Crippen LogP contribution in [0, 0.1) is 6.92 Å². The second kappa shape index (κ2) is 6.38. The van der Waals surface area contributed by atoms with Crippen molar-refractivity contribution < 1.29 is 0 Å². The maximum atomic E-state index is 4.47. The zero-order chi connectivity index (χ0) is 13.8. The van der Waals surface area contributed by atoms with Crippen LogP contribution < -0.4 is 10.2 Å². The topological polar surface area (TPSA) is 28.2 Å². The summed E-state index contributed by atoms with van der Waals surface area (Å²) in [6, 6.07) is 3.47. The maximum Gasteiger partial charge on any atom is 0.0448 e. The van der Waals surface area contributed by atoms with Gasteiger partial charge in [-0.3, -0.25) is 4.98 Å². The summed E-state index contributed by atoms with van der Waals surface area (Å²) in [6.07, 6.45) is 5.93. The monoisotopic (exact) mass is 261 g/mol. The van der Waals surface area contributed by atoms with E-state index >= 15 is 0 Å². The molecule has 106 valence electrons. The Kier molecular flexibility index (Phi) is 4.81. The molecule has 0 amide bonds. The SMILES string of the molecule is CCC1CCCN1c1cc(C)ncc1CNC(C)C. The first-order valence-corrected chi connectivity index (χ1v) is 7.57. The number of aryl methyl sites for hydroxylation is 1. The van der Waals surface area contributed by atoms with Gasteiger partial charge in [-0.05, 0) is 32.3 Å². The summed E-state index contributed by atoms with van der Waals surface area (Å²) in [7, 11) is 0. The van der Waals surface area contributed by atoms with Crippen molar-refractivity contribution in [2.75, 3.05) is 11.4 Å². The third-order valence-electron chi connectivity index (χ3n) is 3.96. The van der Waals surface area contributed by atoms with E-state index in [0.717, 1.165) is 12.2 Å². The molecule has 0 aliphatic carbocycles. The van der Waals surface area contributed by atoms with E-state index in [1.807, 2.05) is 6.20 Å². The molecule has 3 nitrogen and oxygen atoms in total. The van der Waals surface area contributed by atoms with Crippen LogP contribution in [0.1, 0.15) is 51.3 Å². The van der Waals surface area contributed by atoms with Crippen LogP contribution in [-0.4, -0.2) is 23.6 Å². The van der Waals surface area contributed by atoms with Gasteiger partial charge in [-0.2, -0.15) is 0 Å². The lowest BCUT2D eigenvalue weighted by Gasteiger charge is -2.28. The molecule has 1 aliphatic heterocycles. The van der Waals surface area contributed by atoms with Crippen LogP contribution in [0.25, 0.3) is 0 Å². The van der Waals surface area contributed by atoms with Gasteiger partial charge in [0.05, 0.1) is 0 Å². The van der Waals surface area contributed by atoms with E-state index in [4.69, 9.17) is 0 Å². The second-order valence-corrected chi connectivity index (χ2v) is 5.89. The molecular formula is C16H27N3. The molecular weight excluding hydrogens is 234 g/mol. The molecule has 0 spiro atoms. The van der Waals surface area contributed by atoms with Crippen LogP contribution in [0.5, 0.6) is 0 Å². The predicted octanol–water partition coefficient (Wildman–Crippen LogP) is 3.27. The molecule has 0 aromatic carbocycles. The van der Waals surface area contributed by atoms with Gasteiger partial charge in [-0.15, -0.1) is 0 Å². The molecule has 3 heteroatoms. The Morgan fingerprint density at radius 3 is 2.95 bits per heavy atom. The van der Waals surface area contributed by atoms with Gasteiger partial charge >= 0.3 is 0 Å². The van der Waals surface area contributed by atoms with E-state index < -0.39 is 0 Å². The molecule has 1 fully saturated rings. The highest BCUT2D eigenvalue weighted by molar-refractivity contribution is 5.55. The first-order valence-electron chi connectivity index (χ1n) is 7.57. The Balaban J connectivity index is 2.23. The van der Waals surface area contributed by atoms with Crippen LogP contribution in [0.2, 0.25) is 0 Å². The van der Waals surface area contributed by atoms with Crippen molar-refractivity contribution in [1.82, 2.24) is 10.3 Å². The van der Waals surface area contributed by atoms with Crippen molar-refractivity contribution in [1.29, 1.82) is 0 Å². The lowest BCUT2D eigenvalue weighted by molar-refractivity contribution is 0.584. The van der Waals surface area contributed by atoms with Crippen LogP contribution in [0.4, 0.5) is 5.69 Å². The molecule has 1 unspecified atom stereocenters. The Bertz CT molecular complexity index is 414.